The van der Waals surface area contributed by atoms with Crippen LogP contribution in [0, 0.1) is 0 Å². The van der Waals surface area contributed by atoms with Crippen LogP contribution in [-0.4, -0.2) is 5.92 Å². The zero-order valence-electron chi connectivity index (χ0n) is 13.9. The molecule has 0 nitrogen and oxygen atoms in total. The Balaban J connectivity index is 2.99. The van der Waals surface area contributed by atoms with Crippen LogP contribution in [-0.2, 0) is 0 Å². The molecule has 0 aromatic carbocycles. The van der Waals surface area contributed by atoms with Gasteiger partial charge in [0.05, 0.1) is 0 Å². The Morgan fingerprint density at radius 3 is 1.15 bits per heavy atom. The fraction of sp³-hybridized carbons (Fsp3) is 1.00. The standard InChI is InChI=1S/C18H36F2/c1-3-4-5-6-7-8-9-10-11-12-13-14-15-16-17-18(2,19)20/h3-17H2,1-2H3. The quantitative estimate of drug-likeness (QED) is 0.274. The van der Waals surface area contributed by atoms with E-state index in [2.05, 4.69) is 6.92 Å². The van der Waals surface area contributed by atoms with Crippen LogP contribution in [0.5, 0.6) is 0 Å². The second-order valence-corrected chi connectivity index (χ2v) is 6.42. The van der Waals surface area contributed by atoms with Gasteiger partial charge in [-0.15, -0.1) is 0 Å². The zero-order chi connectivity index (χ0) is 15.1. The normalized spacial score (nSPS) is 12.0. The molecule has 0 aliphatic heterocycles. The molecule has 0 spiro atoms. The van der Waals surface area contributed by atoms with Crippen LogP contribution in [0.3, 0.4) is 0 Å². The van der Waals surface area contributed by atoms with Crippen molar-refractivity contribution in [1.82, 2.24) is 0 Å². The van der Waals surface area contributed by atoms with Crippen molar-refractivity contribution in [2.75, 3.05) is 0 Å². The van der Waals surface area contributed by atoms with Crippen molar-refractivity contribution >= 4 is 0 Å². The zero-order valence-corrected chi connectivity index (χ0v) is 13.9. The van der Waals surface area contributed by atoms with E-state index in [0.29, 0.717) is 6.42 Å². The molecule has 122 valence electrons. The molecule has 0 unspecified atom stereocenters. The van der Waals surface area contributed by atoms with Gasteiger partial charge >= 0.3 is 0 Å². The van der Waals surface area contributed by atoms with Crippen LogP contribution in [0.1, 0.15) is 110 Å². The third kappa shape index (κ3) is 17.9. The predicted molar refractivity (Wildman–Crippen MR) is 85.6 cm³/mol. The molecule has 0 aromatic rings. The average Bonchev–Trinajstić information content (AvgIpc) is 2.38. The number of rotatable bonds is 15. The van der Waals surface area contributed by atoms with Gasteiger partial charge in [-0.2, -0.15) is 0 Å². The lowest BCUT2D eigenvalue weighted by Crippen LogP contribution is -2.08. The number of hydrogen-bond donors (Lipinski definition) is 0. The molecule has 0 aliphatic carbocycles. The second-order valence-electron chi connectivity index (χ2n) is 6.42. The first-order valence-electron chi connectivity index (χ1n) is 8.94. The summed E-state index contributed by atoms with van der Waals surface area (Å²) in [5.74, 6) is -2.46. The van der Waals surface area contributed by atoms with Gasteiger partial charge in [-0.3, -0.25) is 0 Å². The fourth-order valence-corrected chi connectivity index (χ4v) is 2.63. The molecule has 0 rings (SSSR count). The molecule has 0 aromatic heterocycles. The van der Waals surface area contributed by atoms with E-state index in [4.69, 9.17) is 0 Å². The van der Waals surface area contributed by atoms with Crippen molar-refractivity contribution in [2.45, 2.75) is 116 Å². The van der Waals surface area contributed by atoms with Crippen molar-refractivity contribution < 1.29 is 8.78 Å². The molecule has 0 bridgehead atoms. The van der Waals surface area contributed by atoms with Gasteiger partial charge in [0, 0.05) is 6.42 Å². The first-order valence-corrected chi connectivity index (χ1v) is 8.94. The number of hydrogen-bond acceptors (Lipinski definition) is 0. The van der Waals surface area contributed by atoms with E-state index in [0.717, 1.165) is 19.8 Å². The van der Waals surface area contributed by atoms with Crippen molar-refractivity contribution in [3.05, 3.63) is 0 Å². The van der Waals surface area contributed by atoms with Crippen LogP contribution >= 0.6 is 0 Å². The molecule has 0 radical (unpaired) electrons. The van der Waals surface area contributed by atoms with Gasteiger partial charge in [0.2, 0.25) is 5.92 Å². The first-order chi connectivity index (χ1) is 9.56. The topological polar surface area (TPSA) is 0 Å². The largest absolute Gasteiger partial charge is 0.245 e. The van der Waals surface area contributed by atoms with Crippen LogP contribution in [0.25, 0.3) is 0 Å². The Morgan fingerprint density at radius 2 is 0.850 bits per heavy atom. The Hall–Kier alpha value is -0.140. The number of unbranched alkanes of at least 4 members (excludes halogenated alkanes) is 13. The Labute approximate surface area is 125 Å². The van der Waals surface area contributed by atoms with E-state index >= 15 is 0 Å². The van der Waals surface area contributed by atoms with Crippen molar-refractivity contribution in [3.63, 3.8) is 0 Å². The molecule has 0 amide bonds. The molecule has 0 saturated carbocycles. The summed E-state index contributed by atoms with van der Waals surface area (Å²) in [6.07, 6.45) is 17.8. The first kappa shape index (κ1) is 19.9. The molecule has 0 heterocycles. The lowest BCUT2D eigenvalue weighted by Gasteiger charge is -2.09. The summed E-state index contributed by atoms with van der Waals surface area (Å²) in [5, 5.41) is 0. The molecular weight excluding hydrogens is 254 g/mol. The Bertz CT molecular complexity index is 184. The van der Waals surface area contributed by atoms with Gasteiger partial charge in [0.1, 0.15) is 0 Å². The monoisotopic (exact) mass is 290 g/mol. The van der Waals surface area contributed by atoms with Crippen LogP contribution in [0.2, 0.25) is 0 Å². The molecule has 0 N–H and O–H groups in total. The van der Waals surface area contributed by atoms with E-state index < -0.39 is 5.92 Å². The van der Waals surface area contributed by atoms with Gasteiger partial charge in [-0.1, -0.05) is 90.4 Å². The van der Waals surface area contributed by atoms with Crippen LogP contribution in [0.4, 0.5) is 8.78 Å². The summed E-state index contributed by atoms with van der Waals surface area (Å²) < 4.78 is 25.1. The fourth-order valence-electron chi connectivity index (χ4n) is 2.63. The van der Waals surface area contributed by atoms with Crippen LogP contribution in [0.15, 0.2) is 0 Å². The van der Waals surface area contributed by atoms with Gasteiger partial charge in [0.25, 0.3) is 0 Å². The SMILES string of the molecule is CCCCCCCCCCCCCCCCC(C)(F)F. The molecule has 0 fully saturated rings. The molecular formula is C18H36F2. The molecule has 20 heavy (non-hydrogen) atoms. The molecule has 2 heteroatoms. The van der Waals surface area contributed by atoms with E-state index in [1.165, 1.54) is 70.6 Å². The summed E-state index contributed by atoms with van der Waals surface area (Å²) in [4.78, 5) is 0. The summed E-state index contributed by atoms with van der Waals surface area (Å²) >= 11 is 0. The maximum atomic E-state index is 12.6. The Kier molecular flexibility index (Phi) is 13.7. The van der Waals surface area contributed by atoms with E-state index in [-0.39, 0.29) is 6.42 Å². The predicted octanol–water partition coefficient (Wildman–Crippen LogP) is 7.51. The second kappa shape index (κ2) is 13.8. The molecule has 0 aliphatic rings. The highest BCUT2D eigenvalue weighted by atomic mass is 19.3. The smallest absolute Gasteiger partial charge is 0.207 e. The summed E-state index contributed by atoms with van der Waals surface area (Å²) in [5.41, 5.74) is 0. The summed E-state index contributed by atoms with van der Waals surface area (Å²) in [7, 11) is 0. The van der Waals surface area contributed by atoms with E-state index in [9.17, 15) is 8.78 Å². The summed E-state index contributed by atoms with van der Waals surface area (Å²) in [6.45, 7) is 3.28. The molecule has 0 atom stereocenters. The minimum Gasteiger partial charge on any atom is -0.207 e. The maximum absolute atomic E-state index is 12.6. The molecule has 0 saturated heterocycles. The minimum absolute atomic E-state index is 0.0605. The minimum atomic E-state index is -2.46. The number of alkyl halides is 2. The lowest BCUT2D eigenvalue weighted by atomic mass is 10.0. The van der Waals surface area contributed by atoms with Gasteiger partial charge < -0.3 is 0 Å². The number of halogens is 2. The third-order valence-electron chi connectivity index (χ3n) is 3.97. The highest BCUT2D eigenvalue weighted by molar-refractivity contribution is 4.58. The van der Waals surface area contributed by atoms with Crippen LogP contribution < -0.4 is 0 Å². The lowest BCUT2D eigenvalue weighted by molar-refractivity contribution is 0.0103. The van der Waals surface area contributed by atoms with Crippen molar-refractivity contribution in [1.29, 1.82) is 0 Å². The highest BCUT2D eigenvalue weighted by Crippen LogP contribution is 2.21. The third-order valence-corrected chi connectivity index (χ3v) is 3.97. The Morgan fingerprint density at radius 1 is 0.550 bits per heavy atom. The van der Waals surface area contributed by atoms with E-state index in [1.54, 1.807) is 0 Å². The van der Waals surface area contributed by atoms with Gasteiger partial charge in [-0.25, -0.2) is 8.78 Å². The average molecular weight is 290 g/mol. The summed E-state index contributed by atoms with van der Waals surface area (Å²) in [6, 6.07) is 0. The maximum Gasteiger partial charge on any atom is 0.245 e. The van der Waals surface area contributed by atoms with E-state index in [1.807, 2.05) is 0 Å². The van der Waals surface area contributed by atoms with Gasteiger partial charge in [-0.05, 0) is 13.3 Å². The van der Waals surface area contributed by atoms with Crippen molar-refractivity contribution in [3.8, 4) is 0 Å². The van der Waals surface area contributed by atoms with Crippen molar-refractivity contribution in [2.24, 2.45) is 0 Å². The highest BCUT2D eigenvalue weighted by Gasteiger charge is 2.19. The van der Waals surface area contributed by atoms with Gasteiger partial charge in [0.15, 0.2) is 0 Å².